The van der Waals surface area contributed by atoms with Crippen molar-refractivity contribution in [2.24, 2.45) is 0 Å². The molecular formula is C8H5Cl2NO. The van der Waals surface area contributed by atoms with Gasteiger partial charge in [0, 0.05) is 5.02 Å². The van der Waals surface area contributed by atoms with Gasteiger partial charge in [0.2, 0.25) is 0 Å². The first-order valence-corrected chi connectivity index (χ1v) is 4.14. The van der Waals surface area contributed by atoms with Crippen molar-refractivity contribution in [2.45, 2.75) is 6.92 Å². The van der Waals surface area contributed by atoms with E-state index in [1.165, 1.54) is 0 Å². The van der Waals surface area contributed by atoms with Crippen molar-refractivity contribution in [2.75, 3.05) is 0 Å². The standard InChI is InChI=1S/C8H5Cl2NO/c1-4-2-5(9)3-6-7(4)12-8(10)11-6/h2-3H,1H3. The van der Waals surface area contributed by atoms with Crippen LogP contribution in [-0.4, -0.2) is 4.98 Å². The van der Waals surface area contributed by atoms with Crippen LogP contribution in [0.1, 0.15) is 5.56 Å². The fourth-order valence-electron chi connectivity index (χ4n) is 1.13. The highest BCUT2D eigenvalue weighted by atomic mass is 35.5. The number of aromatic nitrogens is 1. The second-order valence-corrected chi connectivity index (χ2v) is 3.30. The van der Waals surface area contributed by atoms with Crippen LogP contribution < -0.4 is 0 Å². The minimum absolute atomic E-state index is 0.148. The van der Waals surface area contributed by atoms with Crippen LogP contribution >= 0.6 is 23.2 Å². The number of benzene rings is 1. The van der Waals surface area contributed by atoms with E-state index in [1.807, 2.05) is 13.0 Å². The molecule has 0 fully saturated rings. The molecule has 1 heterocycles. The van der Waals surface area contributed by atoms with E-state index in [1.54, 1.807) is 6.07 Å². The average Bonchev–Trinajstić information content (AvgIpc) is 2.29. The highest BCUT2D eigenvalue weighted by Crippen LogP contribution is 2.25. The molecule has 12 heavy (non-hydrogen) atoms. The van der Waals surface area contributed by atoms with E-state index in [4.69, 9.17) is 27.6 Å². The first kappa shape index (κ1) is 7.90. The first-order valence-electron chi connectivity index (χ1n) is 3.39. The second kappa shape index (κ2) is 2.64. The lowest BCUT2D eigenvalue weighted by Gasteiger charge is -1.93. The van der Waals surface area contributed by atoms with Gasteiger partial charge in [-0.15, -0.1) is 0 Å². The van der Waals surface area contributed by atoms with Gasteiger partial charge in [0.15, 0.2) is 5.58 Å². The largest absolute Gasteiger partial charge is 0.427 e. The van der Waals surface area contributed by atoms with Gasteiger partial charge >= 0.3 is 0 Å². The van der Waals surface area contributed by atoms with Crippen molar-refractivity contribution in [3.05, 3.63) is 28.1 Å². The fourth-order valence-corrected chi connectivity index (χ4v) is 1.56. The van der Waals surface area contributed by atoms with E-state index in [0.29, 0.717) is 16.1 Å². The maximum Gasteiger partial charge on any atom is 0.293 e. The average molecular weight is 202 g/mol. The number of rotatable bonds is 0. The number of halogens is 2. The molecule has 4 heteroatoms. The zero-order valence-corrected chi connectivity index (χ0v) is 7.78. The number of aryl methyl sites for hydroxylation is 1. The van der Waals surface area contributed by atoms with Crippen molar-refractivity contribution in [3.63, 3.8) is 0 Å². The molecule has 0 unspecified atom stereocenters. The summed E-state index contributed by atoms with van der Waals surface area (Å²) in [6.45, 7) is 1.90. The van der Waals surface area contributed by atoms with E-state index < -0.39 is 0 Å². The molecule has 0 amide bonds. The van der Waals surface area contributed by atoms with Gasteiger partial charge in [-0.2, -0.15) is 4.98 Å². The van der Waals surface area contributed by atoms with Crippen molar-refractivity contribution < 1.29 is 4.42 Å². The van der Waals surface area contributed by atoms with E-state index in [2.05, 4.69) is 4.98 Å². The van der Waals surface area contributed by atoms with Gasteiger partial charge in [0.25, 0.3) is 5.35 Å². The van der Waals surface area contributed by atoms with Crippen molar-refractivity contribution in [1.29, 1.82) is 0 Å². The molecule has 2 aromatic rings. The molecule has 0 saturated carbocycles. The second-order valence-electron chi connectivity index (χ2n) is 2.54. The summed E-state index contributed by atoms with van der Waals surface area (Å²) >= 11 is 11.4. The highest BCUT2D eigenvalue weighted by molar-refractivity contribution is 6.31. The van der Waals surface area contributed by atoms with Crippen LogP contribution in [0.15, 0.2) is 16.5 Å². The van der Waals surface area contributed by atoms with E-state index in [0.717, 1.165) is 5.56 Å². The highest BCUT2D eigenvalue weighted by Gasteiger charge is 2.06. The van der Waals surface area contributed by atoms with Gasteiger partial charge < -0.3 is 4.42 Å². The zero-order valence-electron chi connectivity index (χ0n) is 6.27. The molecule has 2 nitrogen and oxygen atoms in total. The van der Waals surface area contributed by atoms with Gasteiger partial charge in [0.05, 0.1) is 0 Å². The Morgan fingerprint density at radius 3 is 2.83 bits per heavy atom. The van der Waals surface area contributed by atoms with Crippen molar-refractivity contribution in [3.8, 4) is 0 Å². The van der Waals surface area contributed by atoms with Crippen molar-refractivity contribution >= 4 is 34.3 Å². The number of oxazole rings is 1. The van der Waals surface area contributed by atoms with Gasteiger partial charge in [0.1, 0.15) is 5.52 Å². The lowest BCUT2D eigenvalue weighted by Crippen LogP contribution is -1.74. The van der Waals surface area contributed by atoms with Crippen LogP contribution in [-0.2, 0) is 0 Å². The fraction of sp³-hybridized carbons (Fsp3) is 0.125. The van der Waals surface area contributed by atoms with Gasteiger partial charge in [-0.25, -0.2) is 0 Å². The Bertz CT molecular complexity index is 436. The molecule has 0 saturated heterocycles. The molecule has 0 bridgehead atoms. The molecule has 1 aromatic heterocycles. The molecule has 0 spiro atoms. The van der Waals surface area contributed by atoms with E-state index in [9.17, 15) is 0 Å². The lowest BCUT2D eigenvalue weighted by atomic mass is 10.2. The van der Waals surface area contributed by atoms with Crippen LogP contribution in [0.3, 0.4) is 0 Å². The summed E-state index contributed by atoms with van der Waals surface area (Å²) in [6.07, 6.45) is 0. The molecule has 0 aliphatic carbocycles. The molecule has 0 aliphatic heterocycles. The summed E-state index contributed by atoms with van der Waals surface area (Å²) in [7, 11) is 0. The molecule has 2 rings (SSSR count). The first-order chi connectivity index (χ1) is 5.66. The number of fused-ring (bicyclic) bond motifs is 1. The lowest BCUT2D eigenvalue weighted by molar-refractivity contribution is 0.602. The minimum Gasteiger partial charge on any atom is -0.427 e. The van der Waals surface area contributed by atoms with Gasteiger partial charge in [-0.05, 0) is 36.2 Å². The third-order valence-electron chi connectivity index (χ3n) is 1.61. The Hall–Kier alpha value is -0.730. The molecule has 0 N–H and O–H groups in total. The maximum atomic E-state index is 5.81. The smallest absolute Gasteiger partial charge is 0.293 e. The Balaban J connectivity index is 2.88. The molecule has 0 aliphatic rings. The summed E-state index contributed by atoms with van der Waals surface area (Å²) in [5.74, 6) is 0. The third-order valence-corrected chi connectivity index (χ3v) is 1.99. The molecular weight excluding hydrogens is 197 g/mol. The summed E-state index contributed by atoms with van der Waals surface area (Å²) in [6, 6.07) is 3.53. The SMILES string of the molecule is Cc1cc(Cl)cc2nc(Cl)oc12. The predicted octanol–water partition coefficient (Wildman–Crippen LogP) is 3.44. The molecule has 62 valence electrons. The monoisotopic (exact) mass is 201 g/mol. The molecule has 0 radical (unpaired) electrons. The Morgan fingerprint density at radius 1 is 1.33 bits per heavy atom. The zero-order chi connectivity index (χ0) is 8.72. The summed E-state index contributed by atoms with van der Waals surface area (Å²) in [5, 5.41) is 0.792. The van der Waals surface area contributed by atoms with Gasteiger partial charge in [-0.3, -0.25) is 0 Å². The maximum absolute atomic E-state index is 5.81. The number of hydrogen-bond acceptors (Lipinski definition) is 2. The number of nitrogens with zero attached hydrogens (tertiary/aromatic N) is 1. The normalized spacial score (nSPS) is 10.9. The Morgan fingerprint density at radius 2 is 2.08 bits per heavy atom. The van der Waals surface area contributed by atoms with Crippen LogP contribution in [0.2, 0.25) is 10.4 Å². The third kappa shape index (κ3) is 1.17. The Labute approximate surface area is 79.1 Å². The van der Waals surface area contributed by atoms with Crippen LogP contribution in [0.5, 0.6) is 0 Å². The van der Waals surface area contributed by atoms with E-state index >= 15 is 0 Å². The van der Waals surface area contributed by atoms with Gasteiger partial charge in [-0.1, -0.05) is 11.6 Å². The topological polar surface area (TPSA) is 26.0 Å². The Kier molecular flexibility index (Phi) is 1.74. The summed E-state index contributed by atoms with van der Waals surface area (Å²) in [5.41, 5.74) is 2.34. The quantitative estimate of drug-likeness (QED) is 0.653. The number of hydrogen-bond donors (Lipinski definition) is 0. The minimum atomic E-state index is 0.148. The van der Waals surface area contributed by atoms with Crippen LogP contribution in [0.25, 0.3) is 11.1 Å². The summed E-state index contributed by atoms with van der Waals surface area (Å²) in [4.78, 5) is 3.95. The molecule has 0 atom stereocenters. The van der Waals surface area contributed by atoms with Crippen LogP contribution in [0, 0.1) is 6.92 Å². The molecule has 1 aromatic carbocycles. The van der Waals surface area contributed by atoms with E-state index in [-0.39, 0.29) is 5.35 Å². The summed E-state index contributed by atoms with van der Waals surface area (Å²) < 4.78 is 5.15. The van der Waals surface area contributed by atoms with Crippen LogP contribution in [0.4, 0.5) is 0 Å². The van der Waals surface area contributed by atoms with Crippen molar-refractivity contribution in [1.82, 2.24) is 4.98 Å². The predicted molar refractivity (Wildman–Crippen MR) is 48.8 cm³/mol.